The Morgan fingerprint density at radius 1 is 1.30 bits per heavy atom. The highest BCUT2D eigenvalue weighted by atomic mass is 35.5. The molecule has 0 aliphatic heterocycles. The predicted molar refractivity (Wildman–Crippen MR) is 88.7 cm³/mol. The SMILES string of the molecule is COc1nc(=O)n(-c2cccnc2Cl)c2cc(C3CC3)ccc12. The molecule has 23 heavy (non-hydrogen) atoms. The fourth-order valence-electron chi connectivity index (χ4n) is 2.82. The second-order valence-corrected chi connectivity index (χ2v) is 5.96. The second-order valence-electron chi connectivity index (χ2n) is 5.60. The largest absolute Gasteiger partial charge is 0.480 e. The molecule has 1 saturated carbocycles. The minimum atomic E-state index is -0.433. The summed E-state index contributed by atoms with van der Waals surface area (Å²) in [5, 5.41) is 1.04. The first-order valence-corrected chi connectivity index (χ1v) is 7.78. The van der Waals surface area contributed by atoms with Gasteiger partial charge in [0.15, 0.2) is 5.15 Å². The van der Waals surface area contributed by atoms with Gasteiger partial charge in [0, 0.05) is 6.20 Å². The number of nitrogens with zero attached hydrogens (tertiary/aromatic N) is 3. The number of hydrogen-bond donors (Lipinski definition) is 0. The van der Waals surface area contributed by atoms with Gasteiger partial charge in [-0.05, 0) is 48.6 Å². The first-order chi connectivity index (χ1) is 11.2. The molecule has 0 atom stereocenters. The minimum Gasteiger partial charge on any atom is -0.480 e. The summed E-state index contributed by atoms with van der Waals surface area (Å²) in [7, 11) is 1.51. The van der Waals surface area contributed by atoms with E-state index in [1.165, 1.54) is 30.1 Å². The molecule has 0 bridgehead atoms. The van der Waals surface area contributed by atoms with Crippen LogP contribution in [0.25, 0.3) is 16.6 Å². The summed E-state index contributed by atoms with van der Waals surface area (Å²) < 4.78 is 6.77. The summed E-state index contributed by atoms with van der Waals surface area (Å²) in [6.45, 7) is 0. The van der Waals surface area contributed by atoms with Crippen LogP contribution in [0.5, 0.6) is 5.88 Å². The number of ether oxygens (including phenoxy) is 1. The monoisotopic (exact) mass is 327 g/mol. The molecule has 0 radical (unpaired) electrons. The maximum absolute atomic E-state index is 12.5. The molecular weight excluding hydrogens is 314 g/mol. The van der Waals surface area contributed by atoms with Crippen LogP contribution in [0.15, 0.2) is 41.3 Å². The summed E-state index contributed by atoms with van der Waals surface area (Å²) in [4.78, 5) is 20.6. The Morgan fingerprint density at radius 3 is 2.83 bits per heavy atom. The van der Waals surface area contributed by atoms with E-state index < -0.39 is 5.69 Å². The van der Waals surface area contributed by atoms with Crippen LogP contribution < -0.4 is 10.4 Å². The molecular formula is C17H14ClN3O2. The first-order valence-electron chi connectivity index (χ1n) is 7.40. The lowest BCUT2D eigenvalue weighted by molar-refractivity contribution is 0.400. The number of fused-ring (bicyclic) bond motifs is 1. The van der Waals surface area contributed by atoms with Crippen molar-refractivity contribution in [1.29, 1.82) is 0 Å². The normalized spacial score (nSPS) is 14.2. The molecule has 5 nitrogen and oxygen atoms in total. The molecule has 6 heteroatoms. The van der Waals surface area contributed by atoms with Crippen molar-refractivity contribution in [3.8, 4) is 11.6 Å². The molecule has 116 valence electrons. The van der Waals surface area contributed by atoms with Crippen LogP contribution in [-0.2, 0) is 0 Å². The minimum absolute atomic E-state index is 0.264. The van der Waals surface area contributed by atoms with E-state index in [4.69, 9.17) is 16.3 Å². The molecule has 1 fully saturated rings. The third-order valence-electron chi connectivity index (χ3n) is 4.10. The molecule has 0 spiro atoms. The van der Waals surface area contributed by atoms with Crippen LogP contribution >= 0.6 is 11.6 Å². The summed E-state index contributed by atoms with van der Waals surface area (Å²) in [6, 6.07) is 9.56. The van der Waals surface area contributed by atoms with E-state index in [9.17, 15) is 4.79 Å². The van der Waals surface area contributed by atoms with Crippen LogP contribution in [0.1, 0.15) is 24.3 Å². The highest BCUT2D eigenvalue weighted by Crippen LogP contribution is 2.41. The number of hydrogen-bond acceptors (Lipinski definition) is 4. The van der Waals surface area contributed by atoms with Crippen LogP contribution in [0.2, 0.25) is 5.15 Å². The predicted octanol–water partition coefficient (Wildman–Crippen LogP) is 3.32. The van der Waals surface area contributed by atoms with Gasteiger partial charge in [-0.25, -0.2) is 9.78 Å². The van der Waals surface area contributed by atoms with Gasteiger partial charge in [0.1, 0.15) is 0 Å². The highest BCUT2D eigenvalue weighted by Gasteiger charge is 2.25. The Morgan fingerprint density at radius 2 is 2.13 bits per heavy atom. The van der Waals surface area contributed by atoms with E-state index in [1.54, 1.807) is 18.3 Å². The van der Waals surface area contributed by atoms with E-state index in [0.29, 0.717) is 17.5 Å². The Hall–Kier alpha value is -2.40. The number of benzene rings is 1. The Labute approximate surface area is 137 Å². The number of pyridine rings is 1. The molecule has 2 aromatic heterocycles. The van der Waals surface area contributed by atoms with Crippen molar-refractivity contribution >= 4 is 22.5 Å². The van der Waals surface area contributed by atoms with Crippen molar-refractivity contribution in [3.05, 3.63) is 57.7 Å². The first kappa shape index (κ1) is 14.2. The van der Waals surface area contributed by atoms with E-state index in [-0.39, 0.29) is 5.15 Å². The quantitative estimate of drug-likeness (QED) is 0.692. The Bertz CT molecular complexity index is 964. The smallest absolute Gasteiger partial charge is 0.356 e. The van der Waals surface area contributed by atoms with Gasteiger partial charge in [0.2, 0.25) is 5.88 Å². The molecule has 0 N–H and O–H groups in total. The Kier molecular flexibility index (Phi) is 3.31. The number of rotatable bonds is 3. The molecule has 2 heterocycles. The summed E-state index contributed by atoms with van der Waals surface area (Å²) in [6.07, 6.45) is 3.96. The molecule has 3 aromatic rings. The Balaban J connectivity index is 2.09. The zero-order valence-corrected chi connectivity index (χ0v) is 13.2. The average molecular weight is 328 g/mol. The van der Waals surface area contributed by atoms with Crippen molar-refractivity contribution in [1.82, 2.24) is 14.5 Å². The standard InChI is InChI=1S/C17H14ClN3O2/c1-23-16-12-7-6-11(10-4-5-10)9-14(12)21(17(22)20-16)13-3-2-8-19-15(13)18/h2-3,6-10H,4-5H2,1H3. The number of halogens is 1. The van der Waals surface area contributed by atoms with E-state index in [2.05, 4.69) is 16.0 Å². The maximum Gasteiger partial charge on any atom is 0.356 e. The number of methoxy groups -OCH3 is 1. The number of aromatic nitrogens is 3. The lowest BCUT2D eigenvalue weighted by Gasteiger charge is -2.13. The second kappa shape index (κ2) is 5.35. The molecule has 0 unspecified atom stereocenters. The molecule has 1 aliphatic rings. The molecule has 1 aromatic carbocycles. The van der Waals surface area contributed by atoms with Gasteiger partial charge >= 0.3 is 5.69 Å². The van der Waals surface area contributed by atoms with Gasteiger partial charge in [-0.3, -0.25) is 4.57 Å². The van der Waals surface area contributed by atoms with Crippen LogP contribution in [-0.4, -0.2) is 21.6 Å². The van der Waals surface area contributed by atoms with Gasteiger partial charge in [-0.2, -0.15) is 4.98 Å². The average Bonchev–Trinajstić information content (AvgIpc) is 3.40. The van der Waals surface area contributed by atoms with Crippen molar-refractivity contribution < 1.29 is 4.74 Å². The molecule has 4 rings (SSSR count). The van der Waals surface area contributed by atoms with Crippen molar-refractivity contribution in [2.75, 3.05) is 7.11 Å². The summed E-state index contributed by atoms with van der Waals surface area (Å²) >= 11 is 6.19. The van der Waals surface area contributed by atoms with Crippen LogP contribution in [0, 0.1) is 0 Å². The van der Waals surface area contributed by atoms with Gasteiger partial charge < -0.3 is 4.74 Å². The van der Waals surface area contributed by atoms with Crippen molar-refractivity contribution in [3.63, 3.8) is 0 Å². The van der Waals surface area contributed by atoms with Gasteiger partial charge in [0.25, 0.3) is 0 Å². The molecule has 0 saturated heterocycles. The van der Waals surface area contributed by atoms with E-state index in [1.807, 2.05) is 12.1 Å². The maximum atomic E-state index is 12.5. The zero-order chi connectivity index (χ0) is 16.0. The van der Waals surface area contributed by atoms with E-state index >= 15 is 0 Å². The topological polar surface area (TPSA) is 57.0 Å². The van der Waals surface area contributed by atoms with E-state index in [0.717, 1.165) is 10.9 Å². The lowest BCUT2D eigenvalue weighted by Crippen LogP contribution is -2.23. The van der Waals surface area contributed by atoms with Crippen molar-refractivity contribution in [2.24, 2.45) is 0 Å². The molecule has 1 aliphatic carbocycles. The fourth-order valence-corrected chi connectivity index (χ4v) is 3.02. The van der Waals surface area contributed by atoms with Gasteiger partial charge in [-0.1, -0.05) is 17.7 Å². The third-order valence-corrected chi connectivity index (χ3v) is 4.40. The van der Waals surface area contributed by atoms with Crippen molar-refractivity contribution in [2.45, 2.75) is 18.8 Å². The third kappa shape index (κ3) is 2.37. The lowest BCUT2D eigenvalue weighted by atomic mass is 10.1. The highest BCUT2D eigenvalue weighted by molar-refractivity contribution is 6.31. The zero-order valence-electron chi connectivity index (χ0n) is 12.5. The van der Waals surface area contributed by atoms with Gasteiger partial charge in [-0.15, -0.1) is 0 Å². The van der Waals surface area contributed by atoms with Gasteiger partial charge in [0.05, 0.1) is 23.7 Å². The van der Waals surface area contributed by atoms with Crippen LogP contribution in [0.3, 0.4) is 0 Å². The fraction of sp³-hybridized carbons (Fsp3) is 0.235. The summed E-state index contributed by atoms with van der Waals surface area (Å²) in [5.41, 5.74) is 2.05. The summed E-state index contributed by atoms with van der Waals surface area (Å²) in [5.74, 6) is 0.898. The molecule has 0 amide bonds. The van der Waals surface area contributed by atoms with Crippen LogP contribution in [0.4, 0.5) is 0 Å².